The van der Waals surface area contributed by atoms with Crippen LogP contribution in [0.1, 0.15) is 37.9 Å². The molecule has 0 saturated heterocycles. The van der Waals surface area contributed by atoms with Crippen LogP contribution >= 0.6 is 11.8 Å². The Morgan fingerprint density at radius 3 is 2.15 bits per heavy atom. The number of rotatable bonds is 11. The number of hydrogen-bond acceptors (Lipinski definition) is 6. The number of carbonyl (C=O) groups is 3. The van der Waals surface area contributed by atoms with Gasteiger partial charge in [0.1, 0.15) is 10.9 Å². The highest BCUT2D eigenvalue weighted by Gasteiger charge is 2.24. The van der Waals surface area contributed by atoms with Crippen molar-refractivity contribution in [1.82, 2.24) is 5.32 Å². The Morgan fingerprint density at radius 2 is 1.46 bits per heavy atom. The molecule has 5 rings (SSSR count). The van der Waals surface area contributed by atoms with Crippen LogP contribution in [0, 0.1) is 24.0 Å². The second-order valence-corrected chi connectivity index (χ2v) is 12.1. The SMILES string of the molecule is Cc1ccc(/C=C(\NC(=O)c2ccccc2)C(=O)Nc2cccc(SC(C(=O)Nc3cc([N+](=O)[O-])ccc3C)c3ccccc3)c2)cc1. The summed E-state index contributed by atoms with van der Waals surface area (Å²) >= 11 is 1.27. The van der Waals surface area contributed by atoms with Gasteiger partial charge < -0.3 is 16.0 Å². The average molecular weight is 657 g/mol. The zero-order chi connectivity index (χ0) is 34.0. The Kier molecular flexibility index (Phi) is 10.8. The lowest BCUT2D eigenvalue weighted by molar-refractivity contribution is -0.384. The normalized spacial score (nSPS) is 11.7. The third-order valence-corrected chi connectivity index (χ3v) is 8.54. The molecule has 5 aromatic rings. The van der Waals surface area contributed by atoms with Crippen LogP contribution in [0.15, 0.2) is 138 Å². The average Bonchev–Trinajstić information content (AvgIpc) is 3.09. The Labute approximate surface area is 282 Å². The van der Waals surface area contributed by atoms with Gasteiger partial charge in [-0.3, -0.25) is 24.5 Å². The number of aryl methyl sites for hydroxylation is 2. The van der Waals surface area contributed by atoms with Crippen molar-refractivity contribution in [3.63, 3.8) is 0 Å². The van der Waals surface area contributed by atoms with Crippen LogP contribution < -0.4 is 16.0 Å². The Morgan fingerprint density at radius 1 is 0.771 bits per heavy atom. The van der Waals surface area contributed by atoms with E-state index in [0.717, 1.165) is 16.7 Å². The molecule has 48 heavy (non-hydrogen) atoms. The van der Waals surface area contributed by atoms with Gasteiger partial charge in [0.25, 0.3) is 17.5 Å². The van der Waals surface area contributed by atoms with Crippen LogP contribution in [0.2, 0.25) is 0 Å². The van der Waals surface area contributed by atoms with Crippen molar-refractivity contribution >= 4 is 52.6 Å². The first-order chi connectivity index (χ1) is 23.2. The van der Waals surface area contributed by atoms with Gasteiger partial charge in [-0.25, -0.2) is 0 Å². The van der Waals surface area contributed by atoms with E-state index in [1.54, 1.807) is 67.6 Å². The molecule has 0 heterocycles. The van der Waals surface area contributed by atoms with E-state index in [1.807, 2.05) is 67.6 Å². The third kappa shape index (κ3) is 8.83. The van der Waals surface area contributed by atoms with E-state index in [2.05, 4.69) is 16.0 Å². The number of benzene rings is 5. The fourth-order valence-electron chi connectivity index (χ4n) is 4.71. The third-order valence-electron chi connectivity index (χ3n) is 7.29. The first-order valence-electron chi connectivity index (χ1n) is 15.0. The molecule has 5 aromatic carbocycles. The van der Waals surface area contributed by atoms with Gasteiger partial charge in [-0.2, -0.15) is 0 Å². The number of nitrogens with zero attached hydrogens (tertiary/aromatic N) is 1. The number of carbonyl (C=O) groups excluding carboxylic acids is 3. The van der Waals surface area contributed by atoms with Crippen LogP contribution in [0.3, 0.4) is 0 Å². The summed E-state index contributed by atoms with van der Waals surface area (Å²) in [4.78, 5) is 51.9. The number of nitrogens with one attached hydrogen (secondary N) is 3. The molecule has 3 amide bonds. The number of thioether (sulfide) groups is 1. The van der Waals surface area contributed by atoms with Gasteiger partial charge in [0, 0.05) is 28.3 Å². The summed E-state index contributed by atoms with van der Waals surface area (Å²) in [6, 6.07) is 36.7. The van der Waals surface area contributed by atoms with Gasteiger partial charge in [-0.05, 0) is 66.9 Å². The second-order valence-electron chi connectivity index (χ2n) is 10.9. The molecule has 0 saturated carbocycles. The first kappa shape index (κ1) is 33.4. The van der Waals surface area contributed by atoms with Crippen LogP contribution in [-0.2, 0) is 9.59 Å². The van der Waals surface area contributed by atoms with Crippen molar-refractivity contribution in [3.8, 4) is 0 Å². The van der Waals surface area contributed by atoms with Crippen LogP contribution in [0.4, 0.5) is 17.1 Å². The highest BCUT2D eigenvalue weighted by molar-refractivity contribution is 8.00. The van der Waals surface area contributed by atoms with Gasteiger partial charge in [0.05, 0.1) is 10.6 Å². The first-order valence-corrected chi connectivity index (χ1v) is 15.9. The number of hydrogen-bond donors (Lipinski definition) is 3. The van der Waals surface area contributed by atoms with Crippen molar-refractivity contribution in [2.24, 2.45) is 0 Å². The van der Waals surface area contributed by atoms with Gasteiger partial charge in [-0.15, -0.1) is 11.8 Å². The molecule has 0 aromatic heterocycles. The molecule has 0 aliphatic carbocycles. The minimum absolute atomic E-state index is 0.0552. The van der Waals surface area contributed by atoms with Gasteiger partial charge in [0.2, 0.25) is 5.91 Å². The summed E-state index contributed by atoms with van der Waals surface area (Å²) in [5.74, 6) is -1.32. The number of nitro benzene ring substituents is 1. The fourth-order valence-corrected chi connectivity index (χ4v) is 5.79. The minimum atomic E-state index is -0.724. The Bertz CT molecular complexity index is 1980. The molecule has 10 heteroatoms. The molecule has 240 valence electrons. The monoisotopic (exact) mass is 656 g/mol. The molecule has 0 bridgehead atoms. The van der Waals surface area contributed by atoms with E-state index >= 15 is 0 Å². The quantitative estimate of drug-likeness (QED) is 0.0570. The summed E-state index contributed by atoms with van der Waals surface area (Å²) in [6.45, 7) is 3.73. The minimum Gasteiger partial charge on any atom is -0.324 e. The molecule has 0 fully saturated rings. The maximum Gasteiger partial charge on any atom is 0.272 e. The number of nitro groups is 1. The van der Waals surface area contributed by atoms with E-state index in [0.29, 0.717) is 27.4 Å². The van der Waals surface area contributed by atoms with Crippen LogP contribution in [0.5, 0.6) is 0 Å². The van der Waals surface area contributed by atoms with E-state index < -0.39 is 22.0 Å². The zero-order valence-electron chi connectivity index (χ0n) is 26.2. The molecule has 3 N–H and O–H groups in total. The molecule has 1 atom stereocenters. The summed E-state index contributed by atoms with van der Waals surface area (Å²) in [5, 5.41) is 19.1. The van der Waals surface area contributed by atoms with Crippen molar-refractivity contribution in [2.75, 3.05) is 10.6 Å². The number of non-ortho nitro benzene ring substituents is 1. The van der Waals surface area contributed by atoms with Crippen LogP contribution in [0.25, 0.3) is 6.08 Å². The summed E-state index contributed by atoms with van der Waals surface area (Å²) in [7, 11) is 0. The van der Waals surface area contributed by atoms with Crippen molar-refractivity contribution < 1.29 is 19.3 Å². The predicted molar refractivity (Wildman–Crippen MR) is 190 cm³/mol. The lowest BCUT2D eigenvalue weighted by Gasteiger charge is -2.18. The van der Waals surface area contributed by atoms with Crippen molar-refractivity contribution in [2.45, 2.75) is 24.0 Å². The maximum absolute atomic E-state index is 13.7. The van der Waals surface area contributed by atoms with E-state index in [1.165, 1.54) is 23.9 Å². The van der Waals surface area contributed by atoms with Crippen molar-refractivity contribution in [3.05, 3.63) is 171 Å². The molecule has 9 nitrogen and oxygen atoms in total. The van der Waals surface area contributed by atoms with E-state index in [4.69, 9.17) is 0 Å². The van der Waals surface area contributed by atoms with E-state index in [9.17, 15) is 24.5 Å². The molecule has 1 unspecified atom stereocenters. The lowest BCUT2D eigenvalue weighted by atomic mass is 10.1. The molecule has 0 radical (unpaired) electrons. The summed E-state index contributed by atoms with van der Waals surface area (Å²) in [6.07, 6.45) is 1.61. The maximum atomic E-state index is 13.7. The second kappa shape index (κ2) is 15.5. The lowest BCUT2D eigenvalue weighted by Crippen LogP contribution is -2.30. The fraction of sp³-hybridized carbons (Fsp3) is 0.0789. The largest absolute Gasteiger partial charge is 0.324 e. The highest BCUT2D eigenvalue weighted by Crippen LogP contribution is 2.37. The highest BCUT2D eigenvalue weighted by atomic mass is 32.2. The zero-order valence-corrected chi connectivity index (χ0v) is 27.0. The summed E-state index contributed by atoms with van der Waals surface area (Å²) < 4.78 is 0. The number of amides is 3. The van der Waals surface area contributed by atoms with Gasteiger partial charge in [-0.1, -0.05) is 90.5 Å². The molecule has 0 spiro atoms. The summed E-state index contributed by atoms with van der Waals surface area (Å²) in [5.41, 5.74) is 4.34. The Balaban J connectivity index is 1.38. The molecule has 0 aliphatic rings. The molecular formula is C38H32N4O5S. The van der Waals surface area contributed by atoms with Crippen molar-refractivity contribution in [1.29, 1.82) is 0 Å². The van der Waals surface area contributed by atoms with Crippen LogP contribution in [-0.4, -0.2) is 22.6 Å². The standard InChI is InChI=1S/C38H32N4O5S/c1-25-16-19-27(20-17-25)22-34(41-36(43)29-12-7-4-8-13-29)37(44)39-30-14-9-15-32(23-30)48-35(28-10-5-3-6-11-28)38(45)40-33-24-31(42(46)47)21-18-26(33)2/h3-24,35H,1-2H3,(H,39,44)(H,40,45)(H,41,43)/b34-22-. The predicted octanol–water partition coefficient (Wildman–Crippen LogP) is 8.09. The topological polar surface area (TPSA) is 130 Å². The van der Waals surface area contributed by atoms with E-state index in [-0.39, 0.29) is 17.3 Å². The van der Waals surface area contributed by atoms with Gasteiger partial charge >= 0.3 is 0 Å². The van der Waals surface area contributed by atoms with Gasteiger partial charge in [0.15, 0.2) is 0 Å². The number of anilines is 2. The Hall–Kier alpha value is -6.00. The molecular weight excluding hydrogens is 625 g/mol. The smallest absolute Gasteiger partial charge is 0.272 e. The molecule has 0 aliphatic heterocycles.